The molecular weight excluding hydrogens is 210 g/mol. The number of hydrogen-bond donors (Lipinski definition) is 0. The third-order valence-corrected chi connectivity index (χ3v) is 2.33. The second kappa shape index (κ2) is 4.96. The largest absolute Gasteiger partial charge is 0.421 e. The van der Waals surface area contributed by atoms with Crippen LogP contribution < -0.4 is 4.90 Å². The molecule has 1 aliphatic rings. The number of hydrogen-bond acceptors (Lipinski definition) is 6. The number of ether oxygens (including phenoxy) is 2. The number of rotatable bonds is 3. The third-order valence-electron chi connectivity index (χ3n) is 2.33. The van der Waals surface area contributed by atoms with Crippen molar-refractivity contribution in [2.75, 3.05) is 38.3 Å². The molecule has 0 unspecified atom stereocenters. The van der Waals surface area contributed by atoms with Crippen LogP contribution >= 0.6 is 0 Å². The molecule has 6 heteroatoms. The molecule has 0 radical (unpaired) electrons. The van der Waals surface area contributed by atoms with Gasteiger partial charge in [-0.3, -0.25) is 0 Å². The predicted octanol–water partition coefficient (Wildman–Crippen LogP) is 0.529. The fourth-order valence-corrected chi connectivity index (χ4v) is 1.59. The molecule has 0 atom stereocenters. The quantitative estimate of drug-likeness (QED) is 0.744. The van der Waals surface area contributed by atoms with E-state index in [1.54, 1.807) is 7.11 Å². The minimum absolute atomic E-state index is 0.277. The second-order valence-electron chi connectivity index (χ2n) is 3.41. The Hall–Kier alpha value is -1.58. The summed E-state index contributed by atoms with van der Waals surface area (Å²) < 4.78 is 15.7. The molecule has 16 heavy (non-hydrogen) atoms. The van der Waals surface area contributed by atoms with Gasteiger partial charge in [0.1, 0.15) is 12.7 Å². The van der Waals surface area contributed by atoms with E-state index in [4.69, 9.17) is 19.2 Å². The number of nitriles is 1. The summed E-state index contributed by atoms with van der Waals surface area (Å²) in [6.45, 7) is 3.00. The first-order chi connectivity index (χ1) is 7.85. The maximum Gasteiger partial charge on any atom is 0.235 e. The molecule has 0 bridgehead atoms. The Kier molecular flexibility index (Phi) is 3.39. The zero-order valence-corrected chi connectivity index (χ0v) is 9.10. The molecule has 2 heterocycles. The Morgan fingerprint density at radius 2 is 2.25 bits per heavy atom. The van der Waals surface area contributed by atoms with Crippen LogP contribution in [0.15, 0.2) is 4.42 Å². The minimum Gasteiger partial charge on any atom is -0.421 e. The first-order valence-corrected chi connectivity index (χ1v) is 5.06. The van der Waals surface area contributed by atoms with Gasteiger partial charge in [-0.05, 0) is 0 Å². The van der Waals surface area contributed by atoms with E-state index in [1.807, 2.05) is 11.0 Å². The van der Waals surface area contributed by atoms with Crippen molar-refractivity contribution in [2.24, 2.45) is 0 Å². The maximum atomic E-state index is 8.96. The van der Waals surface area contributed by atoms with E-state index in [0.717, 1.165) is 13.1 Å². The summed E-state index contributed by atoms with van der Waals surface area (Å²) in [5.41, 5.74) is 0.314. The van der Waals surface area contributed by atoms with Crippen molar-refractivity contribution >= 4 is 5.88 Å². The molecule has 0 N–H and O–H groups in total. The zero-order chi connectivity index (χ0) is 11.4. The lowest BCUT2D eigenvalue weighted by Gasteiger charge is -2.25. The summed E-state index contributed by atoms with van der Waals surface area (Å²) in [7, 11) is 1.56. The van der Waals surface area contributed by atoms with Crippen molar-refractivity contribution < 1.29 is 13.9 Å². The van der Waals surface area contributed by atoms with Crippen LogP contribution in [0.3, 0.4) is 0 Å². The third kappa shape index (κ3) is 2.15. The first-order valence-electron chi connectivity index (χ1n) is 5.06. The Morgan fingerprint density at radius 3 is 2.88 bits per heavy atom. The summed E-state index contributed by atoms with van der Waals surface area (Å²) in [5.74, 6) is 0.957. The van der Waals surface area contributed by atoms with Crippen LogP contribution in [0.2, 0.25) is 0 Å². The van der Waals surface area contributed by atoms with Gasteiger partial charge in [0.25, 0.3) is 0 Å². The lowest BCUT2D eigenvalue weighted by molar-refractivity contribution is 0.119. The standard InChI is InChI=1S/C10H13N3O3/c1-14-7-9-12-8(6-11)10(16-9)13-2-4-15-5-3-13/h2-5,7H2,1H3. The van der Waals surface area contributed by atoms with Crippen molar-refractivity contribution in [3.05, 3.63) is 11.6 Å². The van der Waals surface area contributed by atoms with E-state index < -0.39 is 0 Å². The van der Waals surface area contributed by atoms with E-state index in [2.05, 4.69) is 4.98 Å². The number of oxazole rings is 1. The average molecular weight is 223 g/mol. The van der Waals surface area contributed by atoms with Gasteiger partial charge in [-0.15, -0.1) is 0 Å². The number of methoxy groups -OCH3 is 1. The molecule has 1 aromatic heterocycles. The van der Waals surface area contributed by atoms with Crippen LogP contribution in [0.1, 0.15) is 11.6 Å². The molecule has 0 spiro atoms. The topological polar surface area (TPSA) is 71.5 Å². The summed E-state index contributed by atoms with van der Waals surface area (Å²) in [5, 5.41) is 8.96. The average Bonchev–Trinajstić information content (AvgIpc) is 2.74. The molecule has 1 aromatic rings. The van der Waals surface area contributed by atoms with Gasteiger partial charge >= 0.3 is 0 Å². The van der Waals surface area contributed by atoms with Gasteiger partial charge in [-0.2, -0.15) is 10.2 Å². The van der Waals surface area contributed by atoms with Crippen LogP contribution in [0.5, 0.6) is 0 Å². The highest BCUT2D eigenvalue weighted by molar-refractivity contribution is 5.48. The fraction of sp³-hybridized carbons (Fsp3) is 0.600. The van der Waals surface area contributed by atoms with Gasteiger partial charge in [0.2, 0.25) is 17.5 Å². The monoisotopic (exact) mass is 223 g/mol. The van der Waals surface area contributed by atoms with E-state index in [1.165, 1.54) is 0 Å². The summed E-state index contributed by atoms with van der Waals surface area (Å²) in [6, 6.07) is 2.03. The van der Waals surface area contributed by atoms with Gasteiger partial charge in [0, 0.05) is 20.2 Å². The van der Waals surface area contributed by atoms with Gasteiger partial charge in [0.15, 0.2) is 0 Å². The molecule has 0 aliphatic carbocycles. The first kappa shape index (κ1) is 10.9. The lowest BCUT2D eigenvalue weighted by atomic mass is 10.4. The van der Waals surface area contributed by atoms with E-state index >= 15 is 0 Å². The van der Waals surface area contributed by atoms with Crippen molar-refractivity contribution in [1.82, 2.24) is 4.98 Å². The van der Waals surface area contributed by atoms with Crippen LogP contribution in [-0.4, -0.2) is 38.4 Å². The zero-order valence-electron chi connectivity index (χ0n) is 9.10. The minimum atomic E-state index is 0.277. The smallest absolute Gasteiger partial charge is 0.235 e. The van der Waals surface area contributed by atoms with Gasteiger partial charge in [0.05, 0.1) is 13.2 Å². The lowest BCUT2D eigenvalue weighted by Crippen LogP contribution is -2.36. The molecular formula is C10H13N3O3. The molecule has 1 aliphatic heterocycles. The summed E-state index contributed by atoms with van der Waals surface area (Å²) in [6.07, 6.45) is 0. The van der Waals surface area contributed by atoms with Crippen LogP contribution in [0.4, 0.5) is 5.88 Å². The van der Waals surface area contributed by atoms with Gasteiger partial charge < -0.3 is 18.8 Å². The SMILES string of the molecule is COCc1nc(C#N)c(N2CCOCC2)o1. The molecule has 86 valence electrons. The van der Waals surface area contributed by atoms with Crippen LogP contribution in [0, 0.1) is 11.3 Å². The number of nitrogens with zero attached hydrogens (tertiary/aromatic N) is 3. The molecule has 0 saturated carbocycles. The van der Waals surface area contributed by atoms with E-state index in [-0.39, 0.29) is 6.61 Å². The highest BCUT2D eigenvalue weighted by Crippen LogP contribution is 2.22. The van der Waals surface area contributed by atoms with Crippen molar-refractivity contribution in [3.63, 3.8) is 0 Å². The Balaban J connectivity index is 2.20. The molecule has 0 amide bonds. The van der Waals surface area contributed by atoms with Gasteiger partial charge in [-0.25, -0.2) is 0 Å². The van der Waals surface area contributed by atoms with Gasteiger partial charge in [-0.1, -0.05) is 0 Å². The van der Waals surface area contributed by atoms with E-state index in [0.29, 0.717) is 30.7 Å². The van der Waals surface area contributed by atoms with E-state index in [9.17, 15) is 0 Å². The molecule has 1 fully saturated rings. The molecule has 0 aromatic carbocycles. The highest BCUT2D eigenvalue weighted by atomic mass is 16.5. The summed E-state index contributed by atoms with van der Waals surface area (Å²) >= 11 is 0. The number of aromatic nitrogens is 1. The maximum absolute atomic E-state index is 8.96. The molecule has 1 saturated heterocycles. The number of anilines is 1. The van der Waals surface area contributed by atoms with Crippen molar-refractivity contribution in [3.8, 4) is 6.07 Å². The fourth-order valence-electron chi connectivity index (χ4n) is 1.59. The second-order valence-corrected chi connectivity index (χ2v) is 3.41. The van der Waals surface area contributed by atoms with Crippen LogP contribution in [-0.2, 0) is 16.1 Å². The summed E-state index contributed by atoms with van der Waals surface area (Å²) in [4.78, 5) is 6.02. The van der Waals surface area contributed by atoms with Crippen LogP contribution in [0.25, 0.3) is 0 Å². The highest BCUT2D eigenvalue weighted by Gasteiger charge is 2.21. The van der Waals surface area contributed by atoms with Crippen molar-refractivity contribution in [1.29, 1.82) is 5.26 Å². The molecule has 2 rings (SSSR count). The molecule has 6 nitrogen and oxygen atoms in total. The van der Waals surface area contributed by atoms with Crippen molar-refractivity contribution in [2.45, 2.75) is 6.61 Å². The Morgan fingerprint density at radius 1 is 1.50 bits per heavy atom. The number of morpholine rings is 1. The Labute approximate surface area is 93.4 Å². The predicted molar refractivity (Wildman–Crippen MR) is 55.0 cm³/mol. The normalized spacial score (nSPS) is 16.1. The Bertz CT molecular complexity index is 391.